The van der Waals surface area contributed by atoms with Crippen molar-refractivity contribution in [2.45, 2.75) is 23.8 Å². The van der Waals surface area contributed by atoms with Crippen molar-refractivity contribution in [1.82, 2.24) is 14.9 Å². The molecule has 0 aromatic heterocycles. The molecular formula is C16H25N3O4S. The molecule has 7 nitrogen and oxygen atoms in total. The monoisotopic (exact) mass is 355 g/mol. The number of ether oxygens (including phenoxy) is 1. The summed E-state index contributed by atoms with van der Waals surface area (Å²) in [4.78, 5) is 14.1. The highest BCUT2D eigenvalue weighted by atomic mass is 32.2. The molecule has 1 aliphatic rings. The maximum absolute atomic E-state index is 12.2. The van der Waals surface area contributed by atoms with Crippen LogP contribution in [0.4, 0.5) is 0 Å². The predicted molar refractivity (Wildman–Crippen MR) is 91.5 cm³/mol. The van der Waals surface area contributed by atoms with E-state index < -0.39 is 10.0 Å². The second-order valence-corrected chi connectivity index (χ2v) is 7.84. The standard InChI is InChI=1S/C16H25N3O4S/c1-19(2)10-9-17-16(20)13-5-7-15(8-6-13)24(21,22)18-12-14-4-3-11-23-14/h5-8,14,18H,3-4,9-12H2,1-2H3,(H,17,20). The van der Waals surface area contributed by atoms with Crippen molar-refractivity contribution in [2.75, 3.05) is 40.3 Å². The summed E-state index contributed by atoms with van der Waals surface area (Å²) in [5.74, 6) is -0.215. The van der Waals surface area contributed by atoms with Gasteiger partial charge < -0.3 is 15.0 Å². The van der Waals surface area contributed by atoms with Gasteiger partial charge in [0.1, 0.15) is 0 Å². The largest absolute Gasteiger partial charge is 0.377 e. The molecule has 0 spiro atoms. The van der Waals surface area contributed by atoms with Crippen molar-refractivity contribution in [3.63, 3.8) is 0 Å². The van der Waals surface area contributed by atoms with E-state index in [1.807, 2.05) is 19.0 Å². The molecule has 0 bridgehead atoms. The van der Waals surface area contributed by atoms with Crippen molar-refractivity contribution >= 4 is 15.9 Å². The number of nitrogens with zero attached hydrogens (tertiary/aromatic N) is 1. The summed E-state index contributed by atoms with van der Waals surface area (Å²) < 4.78 is 32.4. The lowest BCUT2D eigenvalue weighted by Gasteiger charge is -2.12. The third-order valence-corrected chi connectivity index (χ3v) is 5.24. The van der Waals surface area contributed by atoms with Crippen LogP contribution in [0, 0.1) is 0 Å². The minimum atomic E-state index is -3.59. The van der Waals surface area contributed by atoms with E-state index >= 15 is 0 Å². The lowest BCUT2D eigenvalue weighted by molar-refractivity contribution is 0.0951. The van der Waals surface area contributed by atoms with E-state index in [-0.39, 0.29) is 23.5 Å². The summed E-state index contributed by atoms with van der Waals surface area (Å²) in [6.07, 6.45) is 1.78. The molecule has 1 unspecified atom stereocenters. The molecule has 0 radical (unpaired) electrons. The first-order valence-corrected chi connectivity index (χ1v) is 9.51. The van der Waals surface area contributed by atoms with Crippen molar-refractivity contribution in [2.24, 2.45) is 0 Å². The van der Waals surface area contributed by atoms with Crippen LogP contribution in [0.1, 0.15) is 23.2 Å². The third-order valence-electron chi connectivity index (χ3n) is 3.80. The molecular weight excluding hydrogens is 330 g/mol. The van der Waals surface area contributed by atoms with E-state index in [4.69, 9.17) is 4.74 Å². The van der Waals surface area contributed by atoms with Crippen LogP contribution in [0.25, 0.3) is 0 Å². The second-order valence-electron chi connectivity index (χ2n) is 6.07. The van der Waals surface area contributed by atoms with Gasteiger partial charge in [-0.15, -0.1) is 0 Å². The third kappa shape index (κ3) is 5.55. The average Bonchev–Trinajstić information content (AvgIpc) is 3.06. The second kappa shape index (κ2) is 8.57. The fourth-order valence-electron chi connectivity index (χ4n) is 2.37. The number of hydrogen-bond acceptors (Lipinski definition) is 5. The number of carbonyl (C=O) groups is 1. The SMILES string of the molecule is CN(C)CCNC(=O)c1ccc(S(=O)(=O)NCC2CCCO2)cc1. The van der Waals surface area contributed by atoms with Crippen molar-refractivity contribution < 1.29 is 17.9 Å². The molecule has 2 rings (SSSR count). The first kappa shape index (κ1) is 18.9. The van der Waals surface area contributed by atoms with Crippen molar-refractivity contribution in [1.29, 1.82) is 0 Å². The van der Waals surface area contributed by atoms with Gasteiger partial charge in [-0.25, -0.2) is 13.1 Å². The Hall–Kier alpha value is -1.48. The van der Waals surface area contributed by atoms with Gasteiger partial charge >= 0.3 is 0 Å². The Kier molecular flexibility index (Phi) is 6.73. The van der Waals surface area contributed by atoms with Crippen molar-refractivity contribution in [3.05, 3.63) is 29.8 Å². The number of carbonyl (C=O) groups excluding carboxylic acids is 1. The molecule has 2 N–H and O–H groups in total. The van der Waals surface area contributed by atoms with Gasteiger partial charge in [0.15, 0.2) is 0 Å². The summed E-state index contributed by atoms with van der Waals surface area (Å²) >= 11 is 0. The number of rotatable bonds is 8. The summed E-state index contributed by atoms with van der Waals surface area (Å²) in [7, 11) is 0.265. The lowest BCUT2D eigenvalue weighted by atomic mass is 10.2. The Morgan fingerprint density at radius 1 is 1.29 bits per heavy atom. The molecule has 0 aliphatic carbocycles. The van der Waals surface area contributed by atoms with Gasteiger partial charge in [0, 0.05) is 31.8 Å². The first-order chi connectivity index (χ1) is 11.4. The van der Waals surface area contributed by atoms with E-state index in [0.717, 1.165) is 19.4 Å². The fourth-order valence-corrected chi connectivity index (χ4v) is 3.44. The van der Waals surface area contributed by atoms with E-state index in [9.17, 15) is 13.2 Å². The van der Waals surface area contributed by atoms with Crippen LogP contribution in [-0.4, -0.2) is 65.7 Å². The number of likely N-dealkylation sites (N-methyl/N-ethyl adjacent to an activating group) is 1. The highest BCUT2D eigenvalue weighted by molar-refractivity contribution is 7.89. The van der Waals surface area contributed by atoms with E-state index in [2.05, 4.69) is 10.0 Å². The van der Waals surface area contributed by atoms with Gasteiger partial charge in [0.2, 0.25) is 10.0 Å². The molecule has 1 aromatic rings. The number of sulfonamides is 1. The van der Waals surface area contributed by atoms with Crippen LogP contribution < -0.4 is 10.0 Å². The van der Waals surface area contributed by atoms with E-state index in [1.165, 1.54) is 24.3 Å². The highest BCUT2D eigenvalue weighted by Crippen LogP contribution is 2.14. The Morgan fingerprint density at radius 2 is 2.00 bits per heavy atom. The average molecular weight is 355 g/mol. The van der Waals surface area contributed by atoms with E-state index in [0.29, 0.717) is 18.7 Å². The predicted octanol–water partition coefficient (Wildman–Crippen LogP) is 0.435. The number of benzene rings is 1. The molecule has 1 aliphatic heterocycles. The minimum Gasteiger partial charge on any atom is -0.377 e. The molecule has 8 heteroatoms. The lowest BCUT2D eigenvalue weighted by Crippen LogP contribution is -2.32. The van der Waals surface area contributed by atoms with Crippen LogP contribution >= 0.6 is 0 Å². The van der Waals surface area contributed by atoms with Gasteiger partial charge in [-0.2, -0.15) is 0 Å². The Morgan fingerprint density at radius 3 is 2.58 bits per heavy atom. The molecule has 1 amide bonds. The number of nitrogens with one attached hydrogen (secondary N) is 2. The van der Waals surface area contributed by atoms with Crippen LogP contribution in [0.5, 0.6) is 0 Å². The Bertz CT molecular complexity index is 638. The summed E-state index contributed by atoms with van der Waals surface area (Å²) in [6, 6.07) is 5.93. The quantitative estimate of drug-likeness (QED) is 0.706. The highest BCUT2D eigenvalue weighted by Gasteiger charge is 2.20. The van der Waals surface area contributed by atoms with Crippen molar-refractivity contribution in [3.8, 4) is 0 Å². The zero-order valence-electron chi connectivity index (χ0n) is 14.1. The molecule has 1 aromatic carbocycles. The van der Waals surface area contributed by atoms with Gasteiger partial charge in [-0.3, -0.25) is 4.79 Å². The molecule has 134 valence electrons. The molecule has 0 saturated carbocycles. The van der Waals surface area contributed by atoms with Gasteiger partial charge in [0.25, 0.3) is 5.91 Å². The maximum atomic E-state index is 12.2. The molecule has 1 atom stereocenters. The maximum Gasteiger partial charge on any atom is 0.251 e. The van der Waals surface area contributed by atoms with E-state index in [1.54, 1.807) is 0 Å². The van der Waals surface area contributed by atoms with Gasteiger partial charge in [-0.1, -0.05) is 0 Å². The van der Waals surface area contributed by atoms with Crippen LogP contribution in [0.3, 0.4) is 0 Å². The summed E-state index contributed by atoms with van der Waals surface area (Å²) in [5.41, 5.74) is 0.437. The molecule has 1 saturated heterocycles. The zero-order valence-corrected chi connectivity index (χ0v) is 14.9. The molecule has 1 heterocycles. The van der Waals surface area contributed by atoms with Crippen LogP contribution in [0.2, 0.25) is 0 Å². The fraction of sp³-hybridized carbons (Fsp3) is 0.562. The zero-order chi connectivity index (χ0) is 17.6. The number of hydrogen-bond donors (Lipinski definition) is 2. The van der Waals surface area contributed by atoms with Gasteiger partial charge in [0.05, 0.1) is 11.0 Å². The normalized spacial score (nSPS) is 18.0. The van der Waals surface area contributed by atoms with Crippen LogP contribution in [0.15, 0.2) is 29.2 Å². The minimum absolute atomic E-state index is 0.0541. The summed E-state index contributed by atoms with van der Waals surface area (Å²) in [6.45, 7) is 2.24. The number of amides is 1. The topological polar surface area (TPSA) is 87.7 Å². The Balaban J connectivity index is 1.90. The summed E-state index contributed by atoms with van der Waals surface area (Å²) in [5, 5.41) is 2.79. The molecule has 24 heavy (non-hydrogen) atoms. The first-order valence-electron chi connectivity index (χ1n) is 8.03. The van der Waals surface area contributed by atoms with Gasteiger partial charge in [-0.05, 0) is 51.2 Å². The molecule has 1 fully saturated rings. The van der Waals surface area contributed by atoms with Crippen LogP contribution in [-0.2, 0) is 14.8 Å². The smallest absolute Gasteiger partial charge is 0.251 e. The Labute approximate surface area is 143 Å².